The summed E-state index contributed by atoms with van der Waals surface area (Å²) in [6.07, 6.45) is 0. The van der Waals surface area contributed by atoms with E-state index in [9.17, 15) is 14.4 Å². The van der Waals surface area contributed by atoms with Gasteiger partial charge < -0.3 is 14.6 Å². The molecule has 218 valence electrons. The van der Waals surface area contributed by atoms with Gasteiger partial charge in [0.15, 0.2) is 5.78 Å². The molecule has 4 rings (SSSR count). The van der Waals surface area contributed by atoms with Crippen LogP contribution < -0.4 is 4.90 Å². The van der Waals surface area contributed by atoms with E-state index in [0.29, 0.717) is 27.6 Å². The van der Waals surface area contributed by atoms with Crippen molar-refractivity contribution in [1.29, 1.82) is 0 Å². The van der Waals surface area contributed by atoms with Crippen molar-refractivity contribution in [3.05, 3.63) is 123 Å². The van der Waals surface area contributed by atoms with Crippen molar-refractivity contribution >= 4 is 69.4 Å². The third kappa shape index (κ3) is 7.94. The first-order valence-corrected chi connectivity index (χ1v) is 13.8. The third-order valence-corrected chi connectivity index (χ3v) is 6.82. The predicted molar refractivity (Wildman–Crippen MR) is 169 cm³/mol. The SMILES string of the molecule is CC(=O)ON=C(C)c1ccc(N(c2ccc(C(=O)c3ccc(Cl)cc3Cl)cc2)c2ccc(/C(C)=N\OC(C)=O)cc2)cc1. The zero-order valence-corrected chi connectivity index (χ0v) is 25.3. The molecule has 0 unspecified atom stereocenters. The van der Waals surface area contributed by atoms with Gasteiger partial charge in [-0.2, -0.15) is 0 Å². The number of carbonyl (C=O) groups excluding carboxylic acids is 3. The van der Waals surface area contributed by atoms with Gasteiger partial charge in [-0.15, -0.1) is 0 Å². The van der Waals surface area contributed by atoms with Gasteiger partial charge in [0.25, 0.3) is 0 Å². The van der Waals surface area contributed by atoms with Crippen LogP contribution in [0.4, 0.5) is 17.1 Å². The van der Waals surface area contributed by atoms with Crippen LogP contribution in [0.3, 0.4) is 0 Å². The molecule has 0 heterocycles. The topological polar surface area (TPSA) is 97.6 Å². The molecule has 10 heteroatoms. The monoisotopic (exact) mass is 615 g/mol. The molecule has 0 radical (unpaired) electrons. The van der Waals surface area contributed by atoms with Crippen LogP contribution in [-0.4, -0.2) is 29.1 Å². The predicted octanol–water partition coefficient (Wildman–Crippen LogP) is 8.27. The number of carbonyl (C=O) groups is 3. The first kappa shape index (κ1) is 31.2. The fraction of sp³-hybridized carbons (Fsp3) is 0.121. The van der Waals surface area contributed by atoms with E-state index in [1.165, 1.54) is 19.9 Å². The Hall–Kier alpha value is -4.79. The number of hydrogen-bond donors (Lipinski definition) is 0. The normalized spacial score (nSPS) is 11.6. The molecule has 0 saturated heterocycles. The number of nitrogens with zero attached hydrogens (tertiary/aromatic N) is 3. The second-order valence-corrected chi connectivity index (χ2v) is 10.3. The number of ketones is 1. The molecule has 0 N–H and O–H groups in total. The summed E-state index contributed by atoms with van der Waals surface area (Å²) in [6, 6.07) is 27.1. The van der Waals surface area contributed by atoms with Gasteiger partial charge in [-0.05, 0) is 91.7 Å². The molecule has 43 heavy (non-hydrogen) atoms. The summed E-state index contributed by atoms with van der Waals surface area (Å²) in [4.78, 5) is 47.0. The van der Waals surface area contributed by atoms with Gasteiger partial charge in [0.1, 0.15) is 0 Å². The summed E-state index contributed by atoms with van der Waals surface area (Å²) in [5, 5.41) is 8.45. The number of rotatable bonds is 9. The zero-order valence-electron chi connectivity index (χ0n) is 23.8. The molecule has 4 aromatic rings. The van der Waals surface area contributed by atoms with E-state index in [0.717, 1.165) is 28.2 Å². The van der Waals surface area contributed by atoms with Gasteiger partial charge in [0.2, 0.25) is 0 Å². The molecule has 0 saturated carbocycles. The standard InChI is InChI=1S/C33H27Cl2N3O5/c1-20(36-42-22(3)39)24-5-12-28(13-6-24)38(29-14-7-25(8-15-29)21(2)37-43-23(4)40)30-16-9-26(10-17-30)33(41)31-18-11-27(34)19-32(31)35/h5-19H,1-4H3/b36-20-,37-21?. The molecule has 0 aromatic heterocycles. The van der Waals surface area contributed by atoms with Crippen molar-refractivity contribution in [2.24, 2.45) is 10.3 Å². The summed E-state index contributed by atoms with van der Waals surface area (Å²) in [7, 11) is 0. The Labute approximate surface area is 259 Å². The number of anilines is 3. The molecular weight excluding hydrogens is 589 g/mol. The smallest absolute Gasteiger partial charge is 0.318 e. The van der Waals surface area contributed by atoms with Crippen LogP contribution in [0.5, 0.6) is 0 Å². The zero-order chi connectivity index (χ0) is 31.1. The van der Waals surface area contributed by atoms with E-state index >= 15 is 0 Å². The quantitative estimate of drug-likeness (QED) is 0.0813. The van der Waals surface area contributed by atoms with Gasteiger partial charge in [-0.3, -0.25) is 4.79 Å². The van der Waals surface area contributed by atoms with E-state index in [2.05, 4.69) is 10.3 Å². The van der Waals surface area contributed by atoms with Crippen molar-refractivity contribution in [2.75, 3.05) is 4.90 Å². The lowest BCUT2D eigenvalue weighted by atomic mass is 10.0. The maximum absolute atomic E-state index is 13.2. The highest BCUT2D eigenvalue weighted by Gasteiger charge is 2.17. The first-order valence-electron chi connectivity index (χ1n) is 13.1. The minimum Gasteiger partial charge on any atom is -0.318 e. The Balaban J connectivity index is 1.71. The number of halogens is 2. The molecule has 8 nitrogen and oxygen atoms in total. The summed E-state index contributed by atoms with van der Waals surface area (Å²) in [5.74, 6) is -1.23. The highest BCUT2D eigenvalue weighted by Crippen LogP contribution is 2.35. The molecule has 0 fully saturated rings. The van der Waals surface area contributed by atoms with Gasteiger partial charge in [0, 0.05) is 47.1 Å². The number of hydrogen-bond acceptors (Lipinski definition) is 8. The molecule has 0 spiro atoms. The summed E-state index contributed by atoms with van der Waals surface area (Å²) < 4.78 is 0. The van der Waals surface area contributed by atoms with E-state index in [1.807, 2.05) is 65.6 Å². The van der Waals surface area contributed by atoms with Crippen molar-refractivity contribution in [3.8, 4) is 0 Å². The minimum absolute atomic E-state index is 0.224. The van der Waals surface area contributed by atoms with Gasteiger partial charge >= 0.3 is 11.9 Å². The average Bonchev–Trinajstić information content (AvgIpc) is 2.99. The van der Waals surface area contributed by atoms with Crippen molar-refractivity contribution in [1.82, 2.24) is 0 Å². The Bertz CT molecular complexity index is 1640. The summed E-state index contributed by atoms with van der Waals surface area (Å²) >= 11 is 12.3. The van der Waals surface area contributed by atoms with E-state index < -0.39 is 11.9 Å². The Kier molecular flexibility index (Phi) is 10.1. The fourth-order valence-electron chi connectivity index (χ4n) is 4.11. The fourth-order valence-corrected chi connectivity index (χ4v) is 4.61. The Morgan fingerprint density at radius 3 is 1.35 bits per heavy atom. The lowest BCUT2D eigenvalue weighted by Crippen LogP contribution is -2.11. The molecule has 0 bridgehead atoms. The lowest BCUT2D eigenvalue weighted by molar-refractivity contribution is -0.141. The first-order chi connectivity index (χ1) is 20.5. The van der Waals surface area contributed by atoms with Crippen molar-refractivity contribution in [3.63, 3.8) is 0 Å². The van der Waals surface area contributed by atoms with Crippen molar-refractivity contribution < 1.29 is 24.1 Å². The molecule has 0 atom stereocenters. The van der Waals surface area contributed by atoms with Crippen LogP contribution in [0.1, 0.15) is 54.7 Å². The van der Waals surface area contributed by atoms with E-state index in [-0.39, 0.29) is 10.8 Å². The number of benzene rings is 4. The highest BCUT2D eigenvalue weighted by molar-refractivity contribution is 6.37. The molecule has 0 aliphatic rings. The Morgan fingerprint density at radius 1 is 0.581 bits per heavy atom. The minimum atomic E-state index is -0.501. The van der Waals surface area contributed by atoms with Crippen LogP contribution in [-0.2, 0) is 19.3 Å². The molecular formula is C33H27Cl2N3O5. The van der Waals surface area contributed by atoms with Crippen LogP contribution in [0.25, 0.3) is 0 Å². The van der Waals surface area contributed by atoms with Crippen molar-refractivity contribution in [2.45, 2.75) is 27.7 Å². The van der Waals surface area contributed by atoms with E-state index in [1.54, 1.807) is 38.1 Å². The van der Waals surface area contributed by atoms with Gasteiger partial charge in [-0.25, -0.2) is 9.59 Å². The molecule has 4 aromatic carbocycles. The van der Waals surface area contributed by atoms with Gasteiger partial charge in [-0.1, -0.05) is 57.8 Å². The molecule has 0 aliphatic carbocycles. The van der Waals surface area contributed by atoms with E-state index in [4.69, 9.17) is 32.9 Å². The summed E-state index contributed by atoms with van der Waals surface area (Å²) in [6.45, 7) is 6.07. The highest BCUT2D eigenvalue weighted by atomic mass is 35.5. The van der Waals surface area contributed by atoms with Gasteiger partial charge in [0.05, 0.1) is 16.4 Å². The molecule has 0 amide bonds. The summed E-state index contributed by atoms with van der Waals surface area (Å²) in [5.41, 5.74) is 5.90. The lowest BCUT2D eigenvalue weighted by Gasteiger charge is -2.26. The van der Waals surface area contributed by atoms with Crippen LogP contribution in [0.15, 0.2) is 101 Å². The maximum Gasteiger partial charge on any atom is 0.331 e. The molecule has 0 aliphatic heterocycles. The Morgan fingerprint density at radius 2 is 0.977 bits per heavy atom. The van der Waals surface area contributed by atoms with Crippen LogP contribution in [0, 0.1) is 0 Å². The number of oxime groups is 2. The second-order valence-electron chi connectivity index (χ2n) is 9.45. The largest absolute Gasteiger partial charge is 0.331 e. The van der Waals surface area contributed by atoms with Crippen LogP contribution in [0.2, 0.25) is 10.0 Å². The second kappa shape index (κ2) is 13.9. The maximum atomic E-state index is 13.2. The third-order valence-electron chi connectivity index (χ3n) is 6.27. The van der Waals surface area contributed by atoms with Crippen LogP contribution >= 0.6 is 23.2 Å². The average molecular weight is 617 g/mol.